The molecule has 1 heterocycles. The molecule has 9 heteroatoms. The molecule has 0 bridgehead atoms. The van der Waals surface area contributed by atoms with E-state index in [1.165, 1.54) is 0 Å². The van der Waals surface area contributed by atoms with Gasteiger partial charge in [-0.3, -0.25) is 14.4 Å². The van der Waals surface area contributed by atoms with Crippen LogP contribution in [0.3, 0.4) is 0 Å². The Balaban J connectivity index is 1.42. The number of likely N-dealkylation sites (tertiary alicyclic amines) is 1. The highest BCUT2D eigenvalue weighted by Crippen LogP contribution is 2.34. The van der Waals surface area contributed by atoms with Gasteiger partial charge in [0.05, 0.1) is 17.9 Å². The van der Waals surface area contributed by atoms with Crippen LogP contribution in [0.2, 0.25) is 10.0 Å². The average Bonchev–Trinajstić information content (AvgIpc) is 3.30. The van der Waals surface area contributed by atoms with Crippen molar-refractivity contribution in [1.29, 1.82) is 5.26 Å². The van der Waals surface area contributed by atoms with E-state index in [-0.39, 0.29) is 30.2 Å². The van der Waals surface area contributed by atoms with Gasteiger partial charge in [0, 0.05) is 46.0 Å². The summed E-state index contributed by atoms with van der Waals surface area (Å²) in [6.45, 7) is 6.09. The number of benzene rings is 3. The molecule has 0 radical (unpaired) electrons. The van der Waals surface area contributed by atoms with Crippen LogP contribution < -0.4 is 10.6 Å². The number of halogens is 2. The minimum Gasteiger partial charge on any atom is -0.339 e. The highest BCUT2D eigenvalue weighted by atomic mass is 35.5. The number of carbonyl (C=O) groups is 3. The first-order valence-electron chi connectivity index (χ1n) is 12.5. The Morgan fingerprint density at radius 1 is 1.03 bits per heavy atom. The number of rotatable bonds is 7. The largest absolute Gasteiger partial charge is 0.339 e. The van der Waals surface area contributed by atoms with Crippen LogP contribution in [-0.2, 0) is 9.59 Å². The van der Waals surface area contributed by atoms with Gasteiger partial charge in [0.1, 0.15) is 0 Å². The summed E-state index contributed by atoms with van der Waals surface area (Å²) in [7, 11) is 0. The first kappa shape index (κ1) is 28.2. The standard InChI is InChI=1S/C30H28Cl2N4O3/c1-17(2)36-16-21(13-28(36)37)30(39)34-23-10-6-20(7-11-23)29(38)35-27-14-26(32)24(12-18(27)3)25(15-33)19-4-8-22(31)9-5-19/h4-12,14,17,21,25H,13,16H2,1-3H3,(H,34,39)(H,35,38). The van der Waals surface area contributed by atoms with Gasteiger partial charge in [0.15, 0.2) is 0 Å². The Morgan fingerprint density at radius 3 is 2.28 bits per heavy atom. The van der Waals surface area contributed by atoms with Crippen molar-refractivity contribution in [3.63, 3.8) is 0 Å². The van der Waals surface area contributed by atoms with Crippen LogP contribution in [0.15, 0.2) is 60.7 Å². The second-order valence-corrected chi connectivity index (χ2v) is 10.7. The summed E-state index contributed by atoms with van der Waals surface area (Å²) in [6, 6.07) is 19.3. The maximum absolute atomic E-state index is 12.9. The van der Waals surface area contributed by atoms with Gasteiger partial charge in [-0.25, -0.2) is 0 Å². The van der Waals surface area contributed by atoms with Crippen LogP contribution in [0.25, 0.3) is 0 Å². The quantitative estimate of drug-likeness (QED) is 0.347. The number of carbonyl (C=O) groups excluding carboxylic acids is 3. The third kappa shape index (κ3) is 6.42. The lowest BCUT2D eigenvalue weighted by molar-refractivity contribution is -0.129. The summed E-state index contributed by atoms with van der Waals surface area (Å²) in [5.74, 6) is -1.57. The van der Waals surface area contributed by atoms with Gasteiger partial charge < -0.3 is 15.5 Å². The fraction of sp³-hybridized carbons (Fsp3) is 0.267. The summed E-state index contributed by atoms with van der Waals surface area (Å²) < 4.78 is 0. The minimum atomic E-state index is -0.586. The molecule has 1 fully saturated rings. The molecule has 39 heavy (non-hydrogen) atoms. The van der Waals surface area contributed by atoms with Crippen molar-refractivity contribution < 1.29 is 14.4 Å². The molecule has 4 rings (SSSR count). The van der Waals surface area contributed by atoms with E-state index in [9.17, 15) is 19.6 Å². The van der Waals surface area contributed by atoms with E-state index in [0.29, 0.717) is 39.1 Å². The summed E-state index contributed by atoms with van der Waals surface area (Å²) in [5.41, 5.74) is 3.62. The molecule has 1 aliphatic heterocycles. The first-order valence-corrected chi connectivity index (χ1v) is 13.3. The van der Waals surface area contributed by atoms with Crippen molar-refractivity contribution >= 4 is 52.3 Å². The number of anilines is 2. The molecule has 0 spiro atoms. The number of hydrogen-bond acceptors (Lipinski definition) is 4. The van der Waals surface area contributed by atoms with E-state index in [1.807, 2.05) is 20.8 Å². The average molecular weight is 563 g/mol. The third-order valence-electron chi connectivity index (χ3n) is 6.80. The van der Waals surface area contributed by atoms with E-state index >= 15 is 0 Å². The van der Waals surface area contributed by atoms with Crippen LogP contribution in [-0.4, -0.2) is 35.2 Å². The molecule has 0 aromatic heterocycles. The van der Waals surface area contributed by atoms with Crippen molar-refractivity contribution in [2.75, 3.05) is 17.2 Å². The molecule has 2 atom stereocenters. The predicted octanol–water partition coefficient (Wildman–Crippen LogP) is 6.41. The first-order chi connectivity index (χ1) is 18.6. The van der Waals surface area contributed by atoms with Crippen LogP contribution in [0.4, 0.5) is 11.4 Å². The monoisotopic (exact) mass is 562 g/mol. The smallest absolute Gasteiger partial charge is 0.255 e. The molecule has 2 unspecified atom stereocenters. The van der Waals surface area contributed by atoms with Gasteiger partial charge in [-0.05, 0) is 79.9 Å². The predicted molar refractivity (Wildman–Crippen MR) is 153 cm³/mol. The molecule has 0 saturated carbocycles. The number of nitrogens with zero attached hydrogens (tertiary/aromatic N) is 2. The zero-order valence-electron chi connectivity index (χ0n) is 21.8. The minimum absolute atomic E-state index is 0.0197. The van der Waals surface area contributed by atoms with Crippen LogP contribution in [0.5, 0.6) is 0 Å². The second kappa shape index (κ2) is 11.9. The Morgan fingerprint density at radius 2 is 1.69 bits per heavy atom. The van der Waals surface area contributed by atoms with Gasteiger partial charge in [0.2, 0.25) is 11.8 Å². The molecule has 7 nitrogen and oxygen atoms in total. The normalized spacial score (nSPS) is 15.7. The second-order valence-electron chi connectivity index (χ2n) is 9.86. The zero-order valence-corrected chi connectivity index (χ0v) is 23.3. The third-order valence-corrected chi connectivity index (χ3v) is 7.38. The van der Waals surface area contributed by atoms with E-state index in [0.717, 1.165) is 11.1 Å². The van der Waals surface area contributed by atoms with E-state index in [2.05, 4.69) is 16.7 Å². The highest BCUT2D eigenvalue weighted by Gasteiger charge is 2.35. The summed E-state index contributed by atoms with van der Waals surface area (Å²) in [6.07, 6.45) is 0.194. The lowest BCUT2D eigenvalue weighted by Crippen LogP contribution is -2.33. The molecule has 1 saturated heterocycles. The molecule has 3 aromatic carbocycles. The maximum Gasteiger partial charge on any atom is 0.255 e. The maximum atomic E-state index is 12.9. The lowest BCUT2D eigenvalue weighted by atomic mass is 9.91. The SMILES string of the molecule is Cc1cc(C(C#N)c2ccc(Cl)cc2)c(Cl)cc1NC(=O)c1ccc(NC(=O)C2CC(=O)N(C(C)C)C2)cc1. The Kier molecular flexibility index (Phi) is 8.59. The van der Waals surface area contributed by atoms with Crippen molar-refractivity contribution in [3.8, 4) is 6.07 Å². The van der Waals surface area contributed by atoms with Crippen LogP contribution in [0, 0.1) is 24.2 Å². The fourth-order valence-corrected chi connectivity index (χ4v) is 4.99. The van der Waals surface area contributed by atoms with Gasteiger partial charge in [-0.2, -0.15) is 5.26 Å². The topological polar surface area (TPSA) is 102 Å². The molecule has 200 valence electrons. The van der Waals surface area contributed by atoms with Gasteiger partial charge in [-0.15, -0.1) is 0 Å². The van der Waals surface area contributed by atoms with Crippen molar-refractivity contribution in [2.24, 2.45) is 5.92 Å². The highest BCUT2D eigenvalue weighted by molar-refractivity contribution is 6.32. The molecular formula is C30H28Cl2N4O3. The van der Waals surface area contributed by atoms with E-state index in [4.69, 9.17) is 23.2 Å². The van der Waals surface area contributed by atoms with Crippen LogP contribution >= 0.6 is 23.2 Å². The van der Waals surface area contributed by atoms with E-state index in [1.54, 1.807) is 65.6 Å². The van der Waals surface area contributed by atoms with Crippen LogP contribution in [0.1, 0.15) is 53.2 Å². The Bertz CT molecular complexity index is 1450. The summed E-state index contributed by atoms with van der Waals surface area (Å²) in [5, 5.41) is 16.5. The van der Waals surface area contributed by atoms with Gasteiger partial charge >= 0.3 is 0 Å². The molecule has 3 amide bonds. The molecule has 0 aliphatic carbocycles. The summed E-state index contributed by atoms with van der Waals surface area (Å²) >= 11 is 12.5. The molecular weight excluding hydrogens is 535 g/mol. The van der Waals surface area contributed by atoms with Crippen molar-refractivity contribution in [2.45, 2.75) is 39.2 Å². The number of nitrogens with one attached hydrogen (secondary N) is 2. The Labute approximate surface area is 237 Å². The zero-order chi connectivity index (χ0) is 28.3. The van der Waals surface area contributed by atoms with Crippen molar-refractivity contribution in [3.05, 3.63) is 93.0 Å². The fourth-order valence-electron chi connectivity index (χ4n) is 4.59. The lowest BCUT2D eigenvalue weighted by Gasteiger charge is -2.20. The Hall–Kier alpha value is -3.86. The van der Waals surface area contributed by atoms with Gasteiger partial charge in [-0.1, -0.05) is 41.4 Å². The number of nitriles is 1. The molecule has 2 N–H and O–H groups in total. The number of aryl methyl sites for hydroxylation is 1. The summed E-state index contributed by atoms with van der Waals surface area (Å²) in [4.78, 5) is 39.4. The van der Waals surface area contributed by atoms with Crippen molar-refractivity contribution in [1.82, 2.24) is 4.90 Å². The number of amides is 3. The van der Waals surface area contributed by atoms with E-state index < -0.39 is 11.8 Å². The molecule has 1 aliphatic rings. The molecule has 3 aromatic rings. The number of hydrogen-bond donors (Lipinski definition) is 2. The van der Waals surface area contributed by atoms with Gasteiger partial charge in [0.25, 0.3) is 5.91 Å².